The number of hydrogen-bond acceptors (Lipinski definition) is 4. The molecule has 3 aromatic rings. The third kappa shape index (κ3) is 2.76. The van der Waals surface area contributed by atoms with Crippen LogP contribution in [0, 0.1) is 0 Å². The predicted molar refractivity (Wildman–Crippen MR) is 91.3 cm³/mol. The Morgan fingerprint density at radius 2 is 1.96 bits per heavy atom. The number of rotatable bonds is 3. The number of alkyl halides is 2. The Kier molecular flexibility index (Phi) is 3.70. The van der Waals surface area contributed by atoms with Crippen molar-refractivity contribution in [1.82, 2.24) is 24.6 Å². The Morgan fingerprint density at radius 3 is 2.81 bits per heavy atom. The summed E-state index contributed by atoms with van der Waals surface area (Å²) in [4.78, 5) is 7.46. The lowest BCUT2D eigenvalue weighted by Crippen LogP contribution is -2.31. The molecule has 0 amide bonds. The highest BCUT2D eigenvalue weighted by molar-refractivity contribution is 5.74. The maximum absolute atomic E-state index is 13.3. The topological polar surface area (TPSA) is 68.1 Å². The van der Waals surface area contributed by atoms with Crippen molar-refractivity contribution in [3.05, 3.63) is 24.3 Å². The monoisotopic (exact) mass is 361 g/mol. The van der Waals surface area contributed by atoms with E-state index in [0.29, 0.717) is 12.8 Å². The second-order valence-electron chi connectivity index (χ2n) is 7.54. The van der Waals surface area contributed by atoms with Crippen LogP contribution in [0.5, 0.6) is 0 Å². The van der Waals surface area contributed by atoms with Crippen molar-refractivity contribution in [2.45, 2.75) is 69.0 Å². The van der Waals surface area contributed by atoms with Crippen LogP contribution >= 0.6 is 0 Å². The standard InChI is InChI=1S/C18H21F2N5O/c19-18(20)6-3-12(4-7-18)26-13-2-1-11(9-13)17-24-23-15-10-22-16-14(25(15)17)5-8-21-16/h5,8,10-13,21H,1-4,6-7,9H2. The molecular weight excluding hydrogens is 340 g/mol. The predicted octanol–water partition coefficient (Wildman–Crippen LogP) is 3.84. The fraction of sp³-hybridized carbons (Fsp3) is 0.611. The van der Waals surface area contributed by atoms with E-state index in [1.807, 2.05) is 12.3 Å². The number of aromatic amines is 1. The smallest absolute Gasteiger partial charge is 0.248 e. The van der Waals surface area contributed by atoms with Gasteiger partial charge in [0.15, 0.2) is 11.3 Å². The van der Waals surface area contributed by atoms with Gasteiger partial charge < -0.3 is 9.72 Å². The van der Waals surface area contributed by atoms with Gasteiger partial charge in [0.25, 0.3) is 0 Å². The van der Waals surface area contributed by atoms with E-state index in [1.165, 1.54) is 0 Å². The van der Waals surface area contributed by atoms with E-state index >= 15 is 0 Å². The molecule has 3 aromatic heterocycles. The number of halogens is 2. The highest BCUT2D eigenvalue weighted by Gasteiger charge is 2.38. The lowest BCUT2D eigenvalue weighted by Gasteiger charge is -2.30. The van der Waals surface area contributed by atoms with Gasteiger partial charge in [0.05, 0.1) is 23.9 Å². The summed E-state index contributed by atoms with van der Waals surface area (Å²) in [6, 6.07) is 1.98. The molecule has 2 unspecified atom stereocenters. The van der Waals surface area contributed by atoms with E-state index in [4.69, 9.17) is 4.74 Å². The van der Waals surface area contributed by atoms with Gasteiger partial charge in [0, 0.05) is 25.0 Å². The van der Waals surface area contributed by atoms with Gasteiger partial charge in [-0.1, -0.05) is 0 Å². The maximum atomic E-state index is 13.3. The average Bonchev–Trinajstić information content (AvgIpc) is 3.33. The van der Waals surface area contributed by atoms with Crippen LogP contribution in [0.15, 0.2) is 18.5 Å². The van der Waals surface area contributed by atoms with Crippen LogP contribution in [0.2, 0.25) is 0 Å². The van der Waals surface area contributed by atoms with Crippen LogP contribution in [-0.4, -0.2) is 42.7 Å². The summed E-state index contributed by atoms with van der Waals surface area (Å²) < 4.78 is 34.8. The highest BCUT2D eigenvalue weighted by atomic mass is 19.3. The Morgan fingerprint density at radius 1 is 1.12 bits per heavy atom. The van der Waals surface area contributed by atoms with Crippen LogP contribution in [-0.2, 0) is 4.74 Å². The molecule has 2 atom stereocenters. The SMILES string of the molecule is FC1(F)CCC(OC2CCC(c3nnc4cnc5[nH]ccc5n34)C2)CC1. The zero-order chi connectivity index (χ0) is 17.7. The fourth-order valence-corrected chi connectivity index (χ4v) is 4.38. The van der Waals surface area contributed by atoms with Crippen LogP contribution < -0.4 is 0 Å². The molecule has 0 radical (unpaired) electrons. The van der Waals surface area contributed by atoms with E-state index in [1.54, 1.807) is 6.20 Å². The first-order valence-electron chi connectivity index (χ1n) is 9.29. The van der Waals surface area contributed by atoms with Crippen LogP contribution in [0.1, 0.15) is 56.7 Å². The quantitative estimate of drug-likeness (QED) is 0.770. The molecule has 0 bridgehead atoms. The first-order chi connectivity index (χ1) is 12.6. The number of fused-ring (bicyclic) bond motifs is 3. The Balaban J connectivity index is 1.32. The second kappa shape index (κ2) is 5.97. The number of hydrogen-bond donors (Lipinski definition) is 1. The zero-order valence-electron chi connectivity index (χ0n) is 14.4. The molecule has 26 heavy (non-hydrogen) atoms. The van der Waals surface area contributed by atoms with Crippen molar-refractivity contribution in [2.75, 3.05) is 0 Å². The average molecular weight is 361 g/mol. The van der Waals surface area contributed by atoms with Gasteiger partial charge in [-0.15, -0.1) is 10.2 Å². The van der Waals surface area contributed by atoms with Crippen LogP contribution in [0.3, 0.4) is 0 Å². The number of H-pyrrole nitrogens is 1. The summed E-state index contributed by atoms with van der Waals surface area (Å²) in [5, 5.41) is 8.67. The van der Waals surface area contributed by atoms with Gasteiger partial charge in [-0.2, -0.15) is 0 Å². The van der Waals surface area contributed by atoms with E-state index in [0.717, 1.165) is 41.9 Å². The van der Waals surface area contributed by atoms with Gasteiger partial charge in [-0.05, 0) is 38.2 Å². The molecule has 2 saturated carbocycles. The lowest BCUT2D eigenvalue weighted by atomic mass is 9.94. The van der Waals surface area contributed by atoms with Crippen LogP contribution in [0.25, 0.3) is 16.8 Å². The minimum atomic E-state index is -2.51. The Labute approximate surface area is 149 Å². The number of nitrogens with one attached hydrogen (secondary N) is 1. The normalized spacial score (nSPS) is 26.8. The van der Waals surface area contributed by atoms with Gasteiger partial charge in [-0.25, -0.2) is 13.8 Å². The van der Waals surface area contributed by atoms with E-state index < -0.39 is 5.92 Å². The van der Waals surface area contributed by atoms with Gasteiger partial charge in [-0.3, -0.25) is 4.40 Å². The first kappa shape index (κ1) is 16.1. The van der Waals surface area contributed by atoms with Crippen LogP contribution in [0.4, 0.5) is 8.78 Å². The molecule has 8 heteroatoms. The van der Waals surface area contributed by atoms with Crippen molar-refractivity contribution in [3.8, 4) is 0 Å². The van der Waals surface area contributed by atoms with Crippen molar-refractivity contribution in [2.24, 2.45) is 0 Å². The molecule has 5 rings (SSSR count). The summed E-state index contributed by atoms with van der Waals surface area (Å²) in [6.07, 6.45) is 7.25. The third-order valence-electron chi connectivity index (χ3n) is 5.77. The molecule has 0 saturated heterocycles. The van der Waals surface area contributed by atoms with Crippen molar-refractivity contribution in [3.63, 3.8) is 0 Å². The highest BCUT2D eigenvalue weighted by Crippen LogP contribution is 2.39. The summed E-state index contributed by atoms with van der Waals surface area (Å²) in [6.45, 7) is 0. The molecule has 2 aliphatic rings. The molecule has 2 fully saturated rings. The summed E-state index contributed by atoms with van der Waals surface area (Å²) in [7, 11) is 0. The second-order valence-corrected chi connectivity index (χ2v) is 7.54. The van der Waals surface area contributed by atoms with E-state index in [-0.39, 0.29) is 31.0 Å². The maximum Gasteiger partial charge on any atom is 0.248 e. The molecule has 2 aliphatic carbocycles. The summed E-state index contributed by atoms with van der Waals surface area (Å²) in [5.41, 5.74) is 2.53. The molecule has 0 spiro atoms. The van der Waals surface area contributed by atoms with E-state index in [9.17, 15) is 8.78 Å². The summed E-state index contributed by atoms with van der Waals surface area (Å²) in [5.74, 6) is -1.30. The number of ether oxygens (including phenoxy) is 1. The summed E-state index contributed by atoms with van der Waals surface area (Å²) >= 11 is 0. The molecule has 0 aliphatic heterocycles. The zero-order valence-corrected chi connectivity index (χ0v) is 14.4. The minimum absolute atomic E-state index is 0.0332. The van der Waals surface area contributed by atoms with Crippen molar-refractivity contribution < 1.29 is 13.5 Å². The largest absolute Gasteiger partial charge is 0.375 e. The molecule has 3 heterocycles. The first-order valence-corrected chi connectivity index (χ1v) is 9.29. The molecule has 1 N–H and O–H groups in total. The van der Waals surface area contributed by atoms with Crippen molar-refractivity contribution >= 4 is 16.8 Å². The minimum Gasteiger partial charge on any atom is -0.375 e. The fourth-order valence-electron chi connectivity index (χ4n) is 4.38. The van der Waals surface area contributed by atoms with Gasteiger partial charge in [0.2, 0.25) is 5.92 Å². The number of aromatic nitrogens is 5. The van der Waals surface area contributed by atoms with Gasteiger partial charge in [0.1, 0.15) is 5.82 Å². The Bertz CT molecular complexity index is 926. The van der Waals surface area contributed by atoms with E-state index in [2.05, 4.69) is 24.6 Å². The molecule has 0 aromatic carbocycles. The lowest BCUT2D eigenvalue weighted by molar-refractivity contribution is -0.0975. The Hall–Kier alpha value is -2.09. The molecular formula is C18H21F2N5O. The van der Waals surface area contributed by atoms with Crippen molar-refractivity contribution in [1.29, 1.82) is 0 Å². The molecule has 6 nitrogen and oxygen atoms in total. The number of nitrogens with zero attached hydrogens (tertiary/aromatic N) is 4. The molecule has 138 valence electrons. The third-order valence-corrected chi connectivity index (χ3v) is 5.77. The van der Waals surface area contributed by atoms with Gasteiger partial charge >= 0.3 is 0 Å².